The summed E-state index contributed by atoms with van der Waals surface area (Å²) in [6.07, 6.45) is 0. The van der Waals surface area contributed by atoms with Gasteiger partial charge in [-0.05, 0) is 0 Å². The van der Waals surface area contributed by atoms with Crippen LogP contribution in [0.2, 0.25) is 0 Å². The molecule has 0 unspecified atom stereocenters. The summed E-state index contributed by atoms with van der Waals surface area (Å²) in [5, 5.41) is 0. The maximum atomic E-state index is 8.74. The van der Waals surface area contributed by atoms with Crippen LogP contribution in [0, 0.1) is 0 Å². The first-order valence-electron chi connectivity index (χ1n) is 0.698. The number of hydrogen-bond acceptors (Lipinski definition) is 2. The van der Waals surface area contributed by atoms with Gasteiger partial charge in [0.15, 0.2) is 0 Å². The summed E-state index contributed by atoms with van der Waals surface area (Å²) in [6.45, 7) is 0. The van der Waals surface area contributed by atoms with E-state index in [-0.39, 0.29) is 86.7 Å². The van der Waals surface area contributed by atoms with Crippen molar-refractivity contribution >= 4 is 55.9 Å². The molecule has 0 atom stereocenters. The Hall–Kier alpha value is 1.07. The summed E-state index contributed by atoms with van der Waals surface area (Å²) in [6, 6.07) is 0. The largest absolute Gasteiger partial charge is 2.00 e. The van der Waals surface area contributed by atoms with Crippen molar-refractivity contribution in [3.8, 4) is 0 Å². The van der Waals surface area contributed by atoms with Crippen LogP contribution in [0.1, 0.15) is 2.85 Å². The van der Waals surface area contributed by atoms with Gasteiger partial charge in [-0.2, -0.15) is 8.42 Å². The van der Waals surface area contributed by atoms with E-state index in [2.05, 4.69) is 0 Å². The molecule has 0 saturated carbocycles. The molecule has 11 nitrogen and oxygen atoms in total. The first-order valence-corrected chi connectivity index (χ1v) is 2.10. The average molecular weight is 314 g/mol. The van der Waals surface area contributed by atoms with E-state index in [1.165, 1.54) is 0 Å². The molecule has 0 aromatic heterocycles. The summed E-state index contributed by atoms with van der Waals surface area (Å²) < 4.78 is 31.6. The summed E-state index contributed by atoms with van der Waals surface area (Å²) >= 11 is 0. The second-order valence-corrected chi connectivity index (χ2v) is 1.34. The Morgan fingerprint density at radius 3 is 0.692 bits per heavy atom. The molecule has 0 amide bonds. The Morgan fingerprint density at radius 1 is 0.692 bits per heavy atom. The molecule has 0 heterocycles. The van der Waals surface area contributed by atoms with Crippen LogP contribution in [0.5, 0.6) is 0 Å². The van der Waals surface area contributed by atoms with Crippen molar-refractivity contribution in [1.29, 1.82) is 0 Å². The summed E-state index contributed by atoms with van der Waals surface area (Å²) in [5.74, 6) is 0. The Labute approximate surface area is 114 Å². The minimum atomic E-state index is -4.67. The van der Waals surface area contributed by atoms with Crippen LogP contribution in [0.3, 0.4) is 0 Å². The number of rotatable bonds is 0. The molecule has 16 N–H and O–H groups in total. The fraction of sp³-hybridized carbons (Fsp3) is 0. The Morgan fingerprint density at radius 2 is 0.692 bits per heavy atom. The minimum absolute atomic E-state index is 0. The van der Waals surface area contributed by atoms with Crippen molar-refractivity contribution in [3.05, 3.63) is 0 Å². The molecule has 0 spiro atoms. The molecule has 0 aromatic rings. The van der Waals surface area contributed by atoms with Gasteiger partial charge in [-0.25, -0.2) is 0 Å². The van der Waals surface area contributed by atoms with Gasteiger partial charge in [-0.1, -0.05) is 0 Å². The van der Waals surface area contributed by atoms with Gasteiger partial charge in [-0.15, -0.1) is 0 Å². The molecule has 13 heavy (non-hydrogen) atoms. The predicted molar refractivity (Wildman–Crippen MR) is 47.5 cm³/mol. The molecule has 0 saturated heterocycles. The SMILES string of the molecule is O.O.O.O.O.O.O.O=S(=O)(O)O.[H-].[H-].[Sr+2]. The fourth-order valence-electron chi connectivity index (χ4n) is 0. The second kappa shape index (κ2) is 38.1. The van der Waals surface area contributed by atoms with Gasteiger partial charge in [-0.3, -0.25) is 9.11 Å². The standard InChI is InChI=1S/H2O4S.7H2O.Sr.2H/c1-5(2,3)4;;;;;;;;;;/h(H2,1,2,3,4);7*1H2;;;/q;;;;;;;;+2;2*-1. The third-order valence-electron chi connectivity index (χ3n) is 0. The molecule has 92 valence electrons. The zero-order valence-electron chi connectivity index (χ0n) is 8.33. The van der Waals surface area contributed by atoms with Crippen LogP contribution < -0.4 is 0 Å². The van der Waals surface area contributed by atoms with Gasteiger partial charge in [0, 0.05) is 0 Å². The Balaban J connectivity index is -0.00000000178. The molecule has 0 aliphatic carbocycles. The molecule has 0 aromatic carbocycles. The van der Waals surface area contributed by atoms with Crippen LogP contribution in [0.25, 0.3) is 0 Å². The van der Waals surface area contributed by atoms with Crippen LogP contribution in [0.4, 0.5) is 0 Å². The van der Waals surface area contributed by atoms with Gasteiger partial charge < -0.3 is 41.2 Å². The molecule has 0 fully saturated rings. The Bertz CT molecular complexity index is 102. The monoisotopic (exact) mass is 314 g/mol. The smallest absolute Gasteiger partial charge is 1.00 e. The van der Waals surface area contributed by atoms with Crippen molar-refractivity contribution in [2.75, 3.05) is 0 Å². The van der Waals surface area contributed by atoms with E-state index in [9.17, 15) is 0 Å². The molecule has 0 radical (unpaired) electrons. The van der Waals surface area contributed by atoms with Gasteiger partial charge >= 0.3 is 55.9 Å². The van der Waals surface area contributed by atoms with E-state index in [1.807, 2.05) is 0 Å². The first kappa shape index (κ1) is 93.5. The summed E-state index contributed by atoms with van der Waals surface area (Å²) in [5.41, 5.74) is 0. The minimum Gasteiger partial charge on any atom is -1.00 e. The zero-order chi connectivity index (χ0) is 4.50. The normalized spacial score (nSPS) is 4.46. The molecular weight excluding hydrogens is 296 g/mol. The fourth-order valence-corrected chi connectivity index (χ4v) is 0. The van der Waals surface area contributed by atoms with Crippen LogP contribution in [0.15, 0.2) is 0 Å². The molecule has 0 aliphatic heterocycles. The third-order valence-corrected chi connectivity index (χ3v) is 0. The predicted octanol–water partition coefficient (Wildman–Crippen LogP) is -6.58. The van der Waals surface area contributed by atoms with E-state index in [4.69, 9.17) is 17.5 Å². The molecule has 0 aliphatic rings. The quantitative estimate of drug-likeness (QED) is 0.325. The zero-order valence-corrected chi connectivity index (χ0v) is 10.6. The van der Waals surface area contributed by atoms with Gasteiger partial charge in [0.1, 0.15) is 0 Å². The number of hydrogen-bond donors (Lipinski definition) is 2. The van der Waals surface area contributed by atoms with Crippen molar-refractivity contribution in [3.63, 3.8) is 0 Å². The average Bonchev–Trinajstić information content (AvgIpc) is 0.722. The molecular formula is H18O11SSr. The van der Waals surface area contributed by atoms with E-state index in [1.54, 1.807) is 0 Å². The second-order valence-electron chi connectivity index (χ2n) is 0.448. The van der Waals surface area contributed by atoms with Crippen molar-refractivity contribution < 1.29 is 58.7 Å². The van der Waals surface area contributed by atoms with Crippen molar-refractivity contribution in [2.45, 2.75) is 0 Å². The van der Waals surface area contributed by atoms with Crippen LogP contribution >= 0.6 is 0 Å². The summed E-state index contributed by atoms with van der Waals surface area (Å²) in [4.78, 5) is 0. The van der Waals surface area contributed by atoms with Gasteiger partial charge in [0.25, 0.3) is 0 Å². The Kier molecular flexibility index (Phi) is 274. The summed E-state index contributed by atoms with van der Waals surface area (Å²) in [7, 11) is -4.67. The van der Waals surface area contributed by atoms with Gasteiger partial charge in [0.05, 0.1) is 0 Å². The van der Waals surface area contributed by atoms with Crippen molar-refractivity contribution in [1.82, 2.24) is 0 Å². The molecule has 0 rings (SSSR count). The molecule has 13 heteroatoms. The topological polar surface area (TPSA) is 295 Å². The van der Waals surface area contributed by atoms with E-state index in [0.717, 1.165) is 0 Å². The first-order chi connectivity index (χ1) is 2.00. The van der Waals surface area contributed by atoms with Crippen LogP contribution in [-0.4, -0.2) is 101 Å². The van der Waals surface area contributed by atoms with Crippen LogP contribution in [-0.2, 0) is 10.4 Å². The van der Waals surface area contributed by atoms with Gasteiger partial charge in [0.2, 0.25) is 0 Å². The van der Waals surface area contributed by atoms with E-state index >= 15 is 0 Å². The maximum Gasteiger partial charge on any atom is 2.00 e. The third kappa shape index (κ3) is 1400. The van der Waals surface area contributed by atoms with E-state index < -0.39 is 10.4 Å². The van der Waals surface area contributed by atoms with E-state index in [0.29, 0.717) is 0 Å². The van der Waals surface area contributed by atoms with Crippen molar-refractivity contribution in [2.24, 2.45) is 0 Å². The maximum absolute atomic E-state index is 8.74. The molecule has 0 bridgehead atoms.